The number of aliphatic hydroxyl groups is 3. The van der Waals surface area contributed by atoms with E-state index in [1.165, 1.54) is 31.4 Å². The van der Waals surface area contributed by atoms with Crippen molar-refractivity contribution in [1.82, 2.24) is 14.9 Å². The van der Waals surface area contributed by atoms with Crippen LogP contribution in [0.4, 0.5) is 0 Å². The minimum Gasteiger partial charge on any atom is -0.510 e. The smallest absolute Gasteiger partial charge is 0.319 e. The van der Waals surface area contributed by atoms with Crippen LogP contribution in [0.1, 0.15) is 22.3 Å². The molecule has 0 saturated heterocycles. The van der Waals surface area contributed by atoms with Gasteiger partial charge in [0.1, 0.15) is 22.8 Å². The van der Waals surface area contributed by atoms with Crippen LogP contribution in [0.2, 0.25) is 0 Å². The van der Waals surface area contributed by atoms with E-state index in [4.69, 9.17) is 15.2 Å². The molecule has 40 heavy (non-hydrogen) atoms. The van der Waals surface area contributed by atoms with Gasteiger partial charge >= 0.3 is 6.01 Å². The molecule has 13 heteroatoms. The predicted octanol–water partition coefficient (Wildman–Crippen LogP) is 0.595. The first-order chi connectivity index (χ1) is 18.9. The number of benzene rings is 1. The number of rotatable bonds is 5. The lowest BCUT2D eigenvalue weighted by Crippen LogP contribution is -2.63. The monoisotopic (exact) mass is 552 g/mol. The summed E-state index contributed by atoms with van der Waals surface area (Å²) in [6.45, 7) is 0. The third kappa shape index (κ3) is 3.58. The molecule has 3 aliphatic carbocycles. The average Bonchev–Trinajstić information content (AvgIpc) is 2.90. The molecule has 1 heterocycles. The number of nitrogens with zero attached hydrogens (tertiary/aromatic N) is 3. The summed E-state index contributed by atoms with van der Waals surface area (Å²) in [7, 11) is 5.95. The standard InChI is InChI=1S/C27H28N4O9/c1-31(2)19-14-8-10-7-12-11(13-9-29-26(40-4)30-25(13)39-3)5-6-15(32)17(12)20(33)16(10)22(35)27(14,38)23(36)18(21(19)34)24(28)37/h5-6,9-10,14,19,32,34-35,38H,7-8H2,1-4H3,(H2,28,37)/t10-,14-,19-,27-/m1/s1. The third-order valence-corrected chi connectivity index (χ3v) is 8.00. The summed E-state index contributed by atoms with van der Waals surface area (Å²) < 4.78 is 10.5. The zero-order valence-electron chi connectivity index (χ0n) is 22.1. The number of aliphatic hydroxyl groups excluding tert-OH is 2. The number of hydrogen-bond donors (Lipinski definition) is 5. The molecule has 0 radical (unpaired) electrons. The van der Waals surface area contributed by atoms with Crippen molar-refractivity contribution < 1.29 is 44.3 Å². The zero-order chi connectivity index (χ0) is 29.3. The lowest BCUT2D eigenvalue weighted by atomic mass is 9.58. The van der Waals surface area contributed by atoms with E-state index in [0.717, 1.165) is 0 Å². The number of amides is 1. The highest BCUT2D eigenvalue weighted by Crippen LogP contribution is 2.53. The van der Waals surface area contributed by atoms with Gasteiger partial charge in [0.25, 0.3) is 5.91 Å². The van der Waals surface area contributed by atoms with Crippen LogP contribution in [0.15, 0.2) is 41.0 Å². The topological polar surface area (TPSA) is 206 Å². The van der Waals surface area contributed by atoms with E-state index < -0.39 is 58.0 Å². The molecule has 6 N–H and O–H groups in total. The van der Waals surface area contributed by atoms with Gasteiger partial charge in [0.15, 0.2) is 11.4 Å². The molecule has 0 saturated carbocycles. The highest BCUT2D eigenvalue weighted by Gasteiger charge is 2.63. The SMILES string of the molecule is COc1ncc(-c2ccc(O)c3c2C[C@@H]2C[C@@H]4[C@@H](N(C)C)C(O)=C(C(N)=O)C(=O)[C@]4(O)C(O)=C2C3=O)c(OC)n1. The Morgan fingerprint density at radius 2 is 1.82 bits per heavy atom. The Hall–Kier alpha value is -4.49. The van der Waals surface area contributed by atoms with E-state index in [-0.39, 0.29) is 41.6 Å². The van der Waals surface area contributed by atoms with Gasteiger partial charge in [-0.15, -0.1) is 0 Å². The summed E-state index contributed by atoms with van der Waals surface area (Å²) in [5.74, 6) is -6.99. The molecule has 1 aromatic carbocycles. The maximum Gasteiger partial charge on any atom is 0.319 e. The summed E-state index contributed by atoms with van der Waals surface area (Å²) in [6, 6.07) is 1.87. The van der Waals surface area contributed by atoms with Crippen molar-refractivity contribution in [2.45, 2.75) is 24.5 Å². The number of hydrogen-bond acceptors (Lipinski definition) is 12. The number of phenols is 1. The van der Waals surface area contributed by atoms with E-state index in [0.29, 0.717) is 16.7 Å². The molecule has 3 aliphatic rings. The fraction of sp³-hybridized carbons (Fsp3) is 0.370. The van der Waals surface area contributed by atoms with Gasteiger partial charge in [-0.1, -0.05) is 6.07 Å². The molecule has 1 aromatic heterocycles. The molecule has 5 rings (SSSR count). The number of likely N-dealkylation sites (N-methyl/N-ethyl adjacent to an activating group) is 1. The number of carbonyl (C=O) groups excluding carboxylic acids is 3. The molecule has 0 bridgehead atoms. The summed E-state index contributed by atoms with van der Waals surface area (Å²) >= 11 is 0. The van der Waals surface area contributed by atoms with Crippen LogP contribution in [-0.4, -0.2) is 92.7 Å². The van der Waals surface area contributed by atoms with Crippen molar-refractivity contribution in [1.29, 1.82) is 0 Å². The van der Waals surface area contributed by atoms with Crippen LogP contribution < -0.4 is 15.2 Å². The first-order valence-electron chi connectivity index (χ1n) is 12.3. The largest absolute Gasteiger partial charge is 0.510 e. The summed E-state index contributed by atoms with van der Waals surface area (Å²) in [5.41, 5.74) is 2.75. The minimum absolute atomic E-state index is 0.0306. The van der Waals surface area contributed by atoms with Gasteiger partial charge in [-0.3, -0.25) is 19.3 Å². The van der Waals surface area contributed by atoms with Gasteiger partial charge < -0.3 is 35.6 Å². The average molecular weight is 553 g/mol. The van der Waals surface area contributed by atoms with Gasteiger partial charge in [-0.25, -0.2) is 4.98 Å². The number of aromatic nitrogens is 2. The van der Waals surface area contributed by atoms with Gasteiger partial charge in [0, 0.05) is 17.7 Å². The Balaban J connectivity index is 1.72. The first kappa shape index (κ1) is 27.1. The van der Waals surface area contributed by atoms with Gasteiger partial charge in [0.05, 0.1) is 31.4 Å². The third-order valence-electron chi connectivity index (χ3n) is 8.00. The number of ether oxygens (including phenoxy) is 2. The van der Waals surface area contributed by atoms with E-state index >= 15 is 0 Å². The lowest BCUT2D eigenvalue weighted by molar-refractivity contribution is -0.148. The number of aromatic hydroxyl groups is 1. The summed E-state index contributed by atoms with van der Waals surface area (Å²) in [5, 5.41) is 44.8. The van der Waals surface area contributed by atoms with E-state index in [1.807, 2.05) is 0 Å². The number of methoxy groups -OCH3 is 2. The molecule has 0 fully saturated rings. The quantitative estimate of drug-likeness (QED) is 0.323. The predicted molar refractivity (Wildman–Crippen MR) is 138 cm³/mol. The van der Waals surface area contributed by atoms with Crippen LogP contribution in [0.5, 0.6) is 17.6 Å². The molecule has 4 atom stereocenters. The molecule has 210 valence electrons. The van der Waals surface area contributed by atoms with Gasteiger partial charge in [-0.05, 0) is 50.0 Å². The van der Waals surface area contributed by atoms with E-state index in [2.05, 4.69) is 9.97 Å². The van der Waals surface area contributed by atoms with Crippen molar-refractivity contribution in [3.8, 4) is 28.8 Å². The molecule has 2 aromatic rings. The number of ketones is 2. The van der Waals surface area contributed by atoms with Gasteiger partial charge in [-0.2, -0.15) is 4.98 Å². The van der Waals surface area contributed by atoms with Crippen molar-refractivity contribution in [2.75, 3.05) is 28.3 Å². The van der Waals surface area contributed by atoms with Crippen LogP contribution in [0.3, 0.4) is 0 Å². The highest BCUT2D eigenvalue weighted by molar-refractivity contribution is 6.24. The Kier molecular flexibility index (Phi) is 6.31. The number of carbonyl (C=O) groups is 3. The molecular formula is C27H28N4O9. The van der Waals surface area contributed by atoms with Crippen molar-refractivity contribution in [3.05, 3.63) is 52.1 Å². The molecule has 0 spiro atoms. The molecule has 0 unspecified atom stereocenters. The van der Waals surface area contributed by atoms with Crippen LogP contribution in [-0.2, 0) is 16.0 Å². The summed E-state index contributed by atoms with van der Waals surface area (Å²) in [6.07, 6.45) is 1.53. The second kappa shape index (κ2) is 9.31. The fourth-order valence-electron chi connectivity index (χ4n) is 6.29. The molecule has 0 aliphatic heterocycles. The zero-order valence-corrected chi connectivity index (χ0v) is 22.1. The Morgan fingerprint density at radius 1 is 1.12 bits per heavy atom. The van der Waals surface area contributed by atoms with Gasteiger partial charge in [0.2, 0.25) is 11.7 Å². The molecular weight excluding hydrogens is 524 g/mol. The van der Waals surface area contributed by atoms with E-state index in [9.17, 15) is 34.8 Å². The second-order valence-corrected chi connectivity index (χ2v) is 10.2. The number of allylic oxidation sites excluding steroid dienone is 1. The van der Waals surface area contributed by atoms with Crippen molar-refractivity contribution in [3.63, 3.8) is 0 Å². The molecule has 1 amide bonds. The maximum absolute atomic E-state index is 13.9. The van der Waals surface area contributed by atoms with Crippen LogP contribution in [0, 0.1) is 11.8 Å². The number of Topliss-reactive ketones (excluding diaryl/α,β-unsaturated/α-hetero) is 2. The Morgan fingerprint density at radius 3 is 2.42 bits per heavy atom. The maximum atomic E-state index is 13.9. The summed E-state index contributed by atoms with van der Waals surface area (Å²) in [4.78, 5) is 49.2. The Bertz CT molecular complexity index is 1550. The number of nitrogens with two attached hydrogens (primary N) is 1. The Labute approximate surface area is 228 Å². The van der Waals surface area contributed by atoms with E-state index in [1.54, 1.807) is 20.2 Å². The van der Waals surface area contributed by atoms with Crippen LogP contribution >= 0.6 is 0 Å². The second-order valence-electron chi connectivity index (χ2n) is 10.2. The minimum atomic E-state index is -2.70. The number of primary amides is 1. The normalized spacial score (nSPS) is 25.9. The van der Waals surface area contributed by atoms with Crippen molar-refractivity contribution in [2.24, 2.45) is 17.6 Å². The first-order valence-corrected chi connectivity index (χ1v) is 12.3. The lowest BCUT2D eigenvalue weighted by Gasteiger charge is -2.50. The number of phenolic OH excluding ortho intramolecular Hbond substituents is 1. The molecule has 13 nitrogen and oxygen atoms in total. The number of fused-ring (bicyclic) bond motifs is 3. The van der Waals surface area contributed by atoms with Crippen LogP contribution in [0.25, 0.3) is 11.1 Å². The highest BCUT2D eigenvalue weighted by atomic mass is 16.5. The van der Waals surface area contributed by atoms with Crippen molar-refractivity contribution >= 4 is 17.5 Å². The fourth-order valence-corrected chi connectivity index (χ4v) is 6.29.